The zero-order valence-electron chi connectivity index (χ0n) is 10.9. The van der Waals surface area contributed by atoms with Gasteiger partial charge in [0.25, 0.3) is 0 Å². The second kappa shape index (κ2) is 7.09. The topological polar surface area (TPSA) is 49.8 Å². The third-order valence-electron chi connectivity index (χ3n) is 2.69. The third kappa shape index (κ3) is 3.95. The van der Waals surface area contributed by atoms with E-state index in [1.807, 2.05) is 31.8 Å². The molecule has 2 heterocycles. The average Bonchev–Trinajstić information content (AvgIpc) is 2.41. The van der Waals surface area contributed by atoms with Crippen LogP contribution in [0.5, 0.6) is 0 Å². The first kappa shape index (κ1) is 13.8. The second-order valence-corrected chi connectivity index (χ2v) is 6.76. The lowest BCUT2D eigenvalue weighted by atomic mass is 10.3. The van der Waals surface area contributed by atoms with E-state index in [1.54, 1.807) is 0 Å². The van der Waals surface area contributed by atoms with E-state index >= 15 is 0 Å². The molecule has 0 aliphatic carbocycles. The van der Waals surface area contributed by atoms with Gasteiger partial charge in [0, 0.05) is 47.4 Å². The Labute approximate surface area is 117 Å². The Morgan fingerprint density at radius 3 is 3.00 bits per heavy atom. The van der Waals surface area contributed by atoms with E-state index in [1.165, 1.54) is 17.3 Å². The van der Waals surface area contributed by atoms with Gasteiger partial charge in [-0.2, -0.15) is 28.5 Å². The highest BCUT2D eigenvalue weighted by Gasteiger charge is 2.14. The van der Waals surface area contributed by atoms with Gasteiger partial charge in [0.2, 0.25) is 5.95 Å². The van der Waals surface area contributed by atoms with E-state index < -0.39 is 0 Å². The van der Waals surface area contributed by atoms with E-state index in [-0.39, 0.29) is 0 Å². The summed E-state index contributed by atoms with van der Waals surface area (Å²) in [5.74, 6) is 5.45. The van der Waals surface area contributed by atoms with E-state index in [2.05, 4.69) is 32.4 Å². The minimum Gasteiger partial charge on any atom is -0.369 e. The number of aromatic nitrogens is 2. The van der Waals surface area contributed by atoms with Crippen molar-refractivity contribution in [3.63, 3.8) is 0 Å². The van der Waals surface area contributed by atoms with Gasteiger partial charge in [0.15, 0.2) is 0 Å². The van der Waals surface area contributed by atoms with Gasteiger partial charge in [-0.25, -0.2) is 4.98 Å². The summed E-state index contributed by atoms with van der Waals surface area (Å²) < 4.78 is 0. The van der Waals surface area contributed by atoms with Crippen LogP contribution in [0.4, 0.5) is 11.8 Å². The standard InChI is InChI=1S/C12H20N4S2/c1-3-13-12-15-6-9(2)11(16-12)14-7-10-8-17-4-5-18-10/h6,10H,3-5,7-8H2,1-2H3,(H2,13,14,15,16). The van der Waals surface area contributed by atoms with Gasteiger partial charge in [-0.15, -0.1) is 0 Å². The van der Waals surface area contributed by atoms with Crippen molar-refractivity contribution >= 4 is 35.3 Å². The third-order valence-corrected chi connectivity index (χ3v) is 5.53. The van der Waals surface area contributed by atoms with Gasteiger partial charge in [-0.1, -0.05) is 0 Å². The van der Waals surface area contributed by atoms with Gasteiger partial charge < -0.3 is 10.6 Å². The molecule has 1 saturated heterocycles. The Hall–Kier alpha value is -0.620. The summed E-state index contributed by atoms with van der Waals surface area (Å²) in [7, 11) is 0. The molecule has 0 spiro atoms. The maximum Gasteiger partial charge on any atom is 0.224 e. The lowest BCUT2D eigenvalue weighted by Crippen LogP contribution is -2.24. The molecule has 0 radical (unpaired) electrons. The van der Waals surface area contributed by atoms with E-state index in [4.69, 9.17) is 0 Å². The molecule has 1 aliphatic rings. The predicted octanol–water partition coefficient (Wildman–Crippen LogP) is 2.48. The zero-order chi connectivity index (χ0) is 12.8. The number of anilines is 2. The molecular weight excluding hydrogens is 264 g/mol. The summed E-state index contributed by atoms with van der Waals surface area (Å²) in [5, 5.41) is 7.29. The molecule has 0 aromatic carbocycles. The molecular formula is C12H20N4S2. The van der Waals surface area contributed by atoms with Crippen LogP contribution < -0.4 is 10.6 Å². The summed E-state index contributed by atoms with van der Waals surface area (Å²) in [6.07, 6.45) is 1.87. The Kier molecular flexibility index (Phi) is 5.44. The van der Waals surface area contributed by atoms with Crippen LogP contribution in [0, 0.1) is 6.92 Å². The number of hydrogen-bond donors (Lipinski definition) is 2. The lowest BCUT2D eigenvalue weighted by molar-refractivity contribution is 0.977. The molecule has 0 bridgehead atoms. The molecule has 1 atom stereocenters. The Bertz CT molecular complexity index is 380. The molecule has 100 valence electrons. The Balaban J connectivity index is 1.92. The van der Waals surface area contributed by atoms with Crippen molar-refractivity contribution in [1.82, 2.24) is 9.97 Å². The fourth-order valence-corrected chi connectivity index (χ4v) is 4.34. The van der Waals surface area contributed by atoms with E-state index in [0.717, 1.165) is 24.5 Å². The van der Waals surface area contributed by atoms with Crippen LogP contribution in [0.25, 0.3) is 0 Å². The largest absolute Gasteiger partial charge is 0.369 e. The monoisotopic (exact) mass is 284 g/mol. The molecule has 0 saturated carbocycles. The number of rotatable bonds is 5. The molecule has 1 aliphatic heterocycles. The molecule has 6 heteroatoms. The molecule has 1 unspecified atom stereocenters. The van der Waals surface area contributed by atoms with Gasteiger partial charge in [0.1, 0.15) is 5.82 Å². The second-order valence-electron chi connectivity index (χ2n) is 4.20. The molecule has 1 aromatic heterocycles. The molecule has 2 N–H and O–H groups in total. The highest BCUT2D eigenvalue weighted by molar-refractivity contribution is 8.06. The molecule has 18 heavy (non-hydrogen) atoms. The summed E-state index contributed by atoms with van der Waals surface area (Å²) in [5.41, 5.74) is 1.10. The average molecular weight is 284 g/mol. The normalized spacial score (nSPS) is 19.6. The first-order valence-electron chi connectivity index (χ1n) is 6.30. The van der Waals surface area contributed by atoms with Crippen molar-refractivity contribution in [2.45, 2.75) is 19.1 Å². The number of aryl methyl sites for hydroxylation is 1. The quantitative estimate of drug-likeness (QED) is 0.866. The zero-order valence-corrected chi connectivity index (χ0v) is 12.5. The van der Waals surface area contributed by atoms with Crippen LogP contribution >= 0.6 is 23.5 Å². The van der Waals surface area contributed by atoms with Crippen LogP contribution in [0.3, 0.4) is 0 Å². The highest BCUT2D eigenvalue weighted by atomic mass is 32.2. The van der Waals surface area contributed by atoms with Gasteiger partial charge in [0.05, 0.1) is 0 Å². The molecule has 4 nitrogen and oxygen atoms in total. The Morgan fingerprint density at radius 2 is 2.28 bits per heavy atom. The summed E-state index contributed by atoms with van der Waals surface area (Å²) in [6.45, 7) is 5.92. The lowest BCUT2D eigenvalue weighted by Gasteiger charge is -2.21. The fourth-order valence-electron chi connectivity index (χ4n) is 1.73. The van der Waals surface area contributed by atoms with E-state index in [9.17, 15) is 0 Å². The smallest absolute Gasteiger partial charge is 0.224 e. The van der Waals surface area contributed by atoms with Crippen LogP contribution in [0.1, 0.15) is 12.5 Å². The summed E-state index contributed by atoms with van der Waals surface area (Å²) in [4.78, 5) is 8.75. The molecule has 2 rings (SSSR count). The van der Waals surface area contributed by atoms with Crippen molar-refractivity contribution in [3.8, 4) is 0 Å². The van der Waals surface area contributed by atoms with Crippen molar-refractivity contribution in [2.24, 2.45) is 0 Å². The predicted molar refractivity (Wildman–Crippen MR) is 83.0 cm³/mol. The van der Waals surface area contributed by atoms with Gasteiger partial charge in [-0.05, 0) is 13.8 Å². The van der Waals surface area contributed by atoms with Crippen molar-refractivity contribution in [3.05, 3.63) is 11.8 Å². The van der Waals surface area contributed by atoms with Gasteiger partial charge in [-0.3, -0.25) is 0 Å². The first-order chi connectivity index (χ1) is 8.79. The van der Waals surface area contributed by atoms with Crippen LogP contribution in [0.15, 0.2) is 6.20 Å². The Morgan fingerprint density at radius 1 is 1.39 bits per heavy atom. The van der Waals surface area contributed by atoms with Crippen molar-refractivity contribution < 1.29 is 0 Å². The molecule has 1 fully saturated rings. The first-order valence-corrected chi connectivity index (χ1v) is 8.50. The van der Waals surface area contributed by atoms with Crippen molar-refractivity contribution in [2.75, 3.05) is 41.0 Å². The van der Waals surface area contributed by atoms with E-state index in [0.29, 0.717) is 11.2 Å². The molecule has 1 aromatic rings. The summed E-state index contributed by atoms with van der Waals surface area (Å²) in [6, 6.07) is 0. The van der Waals surface area contributed by atoms with Crippen LogP contribution in [-0.2, 0) is 0 Å². The van der Waals surface area contributed by atoms with Crippen LogP contribution in [-0.4, -0.2) is 45.6 Å². The summed E-state index contributed by atoms with van der Waals surface area (Å²) >= 11 is 4.11. The maximum atomic E-state index is 4.50. The minimum atomic E-state index is 0.695. The number of thioether (sulfide) groups is 2. The SMILES string of the molecule is CCNc1ncc(C)c(NCC2CSCCS2)n1. The number of nitrogens with zero attached hydrogens (tertiary/aromatic N) is 2. The number of hydrogen-bond acceptors (Lipinski definition) is 6. The highest BCUT2D eigenvalue weighted by Crippen LogP contribution is 2.24. The number of nitrogens with one attached hydrogen (secondary N) is 2. The fraction of sp³-hybridized carbons (Fsp3) is 0.667. The van der Waals surface area contributed by atoms with Crippen molar-refractivity contribution in [1.29, 1.82) is 0 Å². The maximum absolute atomic E-state index is 4.50. The van der Waals surface area contributed by atoms with Crippen LogP contribution in [0.2, 0.25) is 0 Å². The minimum absolute atomic E-state index is 0.695. The van der Waals surface area contributed by atoms with Gasteiger partial charge >= 0.3 is 0 Å². The molecule has 0 amide bonds.